The summed E-state index contributed by atoms with van der Waals surface area (Å²) in [6.07, 6.45) is 0.758. The summed E-state index contributed by atoms with van der Waals surface area (Å²) in [4.78, 5) is 13.0. The Bertz CT molecular complexity index is 243. The van der Waals surface area contributed by atoms with E-state index in [1.54, 1.807) is 0 Å². The number of carbonyl (C=O) groups excluding carboxylic acids is 1. The molecule has 0 aromatic carbocycles. The lowest BCUT2D eigenvalue weighted by atomic mass is 9.91. The summed E-state index contributed by atoms with van der Waals surface area (Å²) in [7, 11) is 1.38. The third-order valence-corrected chi connectivity index (χ3v) is 2.38. The molecule has 4 heteroatoms. The van der Waals surface area contributed by atoms with Crippen LogP contribution in [0.3, 0.4) is 0 Å². The fourth-order valence-corrected chi connectivity index (χ4v) is 1.09. The summed E-state index contributed by atoms with van der Waals surface area (Å²) in [5.41, 5.74) is -0.330. The Morgan fingerprint density at radius 1 is 1.53 bits per heavy atom. The molecule has 0 amide bonds. The quantitative estimate of drug-likeness (QED) is 0.625. The first-order valence-electron chi connectivity index (χ1n) is 5.15. The van der Waals surface area contributed by atoms with Gasteiger partial charge in [0, 0.05) is 6.54 Å². The molecular formula is C11H20N2O2. The molecule has 0 heterocycles. The van der Waals surface area contributed by atoms with Gasteiger partial charge in [-0.1, -0.05) is 6.92 Å². The van der Waals surface area contributed by atoms with Gasteiger partial charge in [-0.05, 0) is 26.8 Å². The minimum absolute atomic E-state index is 0.230. The Kier molecular flexibility index (Phi) is 5.95. The SMILES string of the molecule is CCN(CCC(C)(C)C#N)CC(=O)OC. The molecule has 0 fully saturated rings. The van der Waals surface area contributed by atoms with Crippen molar-refractivity contribution >= 4 is 5.97 Å². The number of esters is 1. The zero-order valence-electron chi connectivity index (χ0n) is 10.0. The molecule has 0 bridgehead atoms. The zero-order valence-corrected chi connectivity index (χ0v) is 10.0. The van der Waals surface area contributed by atoms with Crippen LogP contribution < -0.4 is 0 Å². The van der Waals surface area contributed by atoms with Gasteiger partial charge in [0.05, 0.1) is 25.1 Å². The summed E-state index contributed by atoms with van der Waals surface area (Å²) in [5, 5.41) is 8.85. The van der Waals surface area contributed by atoms with E-state index >= 15 is 0 Å². The number of nitrogens with zero attached hydrogens (tertiary/aromatic N) is 2. The summed E-state index contributed by atoms with van der Waals surface area (Å²) in [6.45, 7) is 7.62. The van der Waals surface area contributed by atoms with Gasteiger partial charge < -0.3 is 4.74 Å². The van der Waals surface area contributed by atoms with Crippen LogP contribution in [0.2, 0.25) is 0 Å². The topological polar surface area (TPSA) is 53.3 Å². The van der Waals surface area contributed by atoms with E-state index in [-0.39, 0.29) is 11.4 Å². The van der Waals surface area contributed by atoms with Crippen LogP contribution in [0.5, 0.6) is 0 Å². The minimum atomic E-state index is -0.330. The van der Waals surface area contributed by atoms with E-state index < -0.39 is 0 Å². The van der Waals surface area contributed by atoms with Gasteiger partial charge in [-0.25, -0.2) is 0 Å². The van der Waals surface area contributed by atoms with E-state index in [2.05, 4.69) is 10.8 Å². The molecule has 15 heavy (non-hydrogen) atoms. The molecule has 0 N–H and O–H groups in total. The van der Waals surface area contributed by atoms with Crippen molar-refractivity contribution in [1.29, 1.82) is 5.26 Å². The van der Waals surface area contributed by atoms with Gasteiger partial charge in [0.1, 0.15) is 0 Å². The highest BCUT2D eigenvalue weighted by Gasteiger charge is 2.18. The zero-order chi connectivity index (χ0) is 11.9. The number of hydrogen-bond donors (Lipinski definition) is 0. The number of methoxy groups -OCH3 is 1. The van der Waals surface area contributed by atoms with Crippen LogP contribution >= 0.6 is 0 Å². The molecule has 0 aromatic heterocycles. The maximum absolute atomic E-state index is 11.0. The second kappa shape index (κ2) is 6.41. The normalized spacial score (nSPS) is 11.2. The number of rotatable bonds is 6. The van der Waals surface area contributed by atoms with Gasteiger partial charge in [-0.3, -0.25) is 9.69 Å². The molecule has 0 aromatic rings. The number of hydrogen-bond acceptors (Lipinski definition) is 4. The van der Waals surface area contributed by atoms with Gasteiger partial charge in [-0.2, -0.15) is 5.26 Å². The first kappa shape index (κ1) is 13.9. The largest absolute Gasteiger partial charge is 0.468 e. The second-order valence-corrected chi connectivity index (χ2v) is 4.19. The predicted octanol–water partition coefficient (Wildman–Crippen LogP) is 1.42. The van der Waals surface area contributed by atoms with Gasteiger partial charge in [-0.15, -0.1) is 0 Å². The molecule has 0 saturated heterocycles. The third kappa shape index (κ3) is 6.08. The maximum Gasteiger partial charge on any atom is 0.319 e. The smallest absolute Gasteiger partial charge is 0.319 e. The average Bonchev–Trinajstić information content (AvgIpc) is 2.23. The molecule has 0 atom stereocenters. The van der Waals surface area contributed by atoms with E-state index in [0.29, 0.717) is 6.54 Å². The van der Waals surface area contributed by atoms with Crippen LogP contribution in [0.4, 0.5) is 0 Å². The Labute approximate surface area is 91.8 Å². The standard InChI is InChI=1S/C11H20N2O2/c1-5-13(8-10(14)15-4)7-6-11(2,3)9-12/h5-8H2,1-4H3. The van der Waals surface area contributed by atoms with Crippen molar-refractivity contribution in [3.63, 3.8) is 0 Å². The molecule has 0 unspecified atom stereocenters. The van der Waals surface area contributed by atoms with E-state index in [1.165, 1.54) is 7.11 Å². The molecule has 0 aliphatic heterocycles. The summed E-state index contributed by atoms with van der Waals surface area (Å²) < 4.78 is 4.60. The second-order valence-electron chi connectivity index (χ2n) is 4.19. The Balaban J connectivity index is 4.02. The Hall–Kier alpha value is -1.08. The molecule has 86 valence electrons. The van der Waals surface area contributed by atoms with Gasteiger partial charge >= 0.3 is 5.97 Å². The van der Waals surface area contributed by atoms with Crippen LogP contribution in [0, 0.1) is 16.7 Å². The number of likely N-dealkylation sites (N-methyl/N-ethyl adjacent to an activating group) is 1. The fourth-order valence-electron chi connectivity index (χ4n) is 1.09. The van der Waals surface area contributed by atoms with Crippen LogP contribution in [0.25, 0.3) is 0 Å². The first-order valence-corrected chi connectivity index (χ1v) is 5.15. The van der Waals surface area contributed by atoms with Crippen molar-refractivity contribution in [3.05, 3.63) is 0 Å². The minimum Gasteiger partial charge on any atom is -0.468 e. The van der Waals surface area contributed by atoms with Crippen molar-refractivity contribution in [2.24, 2.45) is 5.41 Å². The first-order chi connectivity index (χ1) is 6.95. The summed E-state index contributed by atoms with van der Waals surface area (Å²) in [6, 6.07) is 2.25. The molecule has 0 rings (SSSR count). The van der Waals surface area contributed by atoms with E-state index in [0.717, 1.165) is 19.5 Å². The number of ether oxygens (including phenoxy) is 1. The van der Waals surface area contributed by atoms with E-state index in [4.69, 9.17) is 5.26 Å². The summed E-state index contributed by atoms with van der Waals surface area (Å²) in [5.74, 6) is -0.230. The molecule has 0 radical (unpaired) electrons. The van der Waals surface area contributed by atoms with Crippen molar-refractivity contribution < 1.29 is 9.53 Å². The number of nitriles is 1. The van der Waals surface area contributed by atoms with Crippen LogP contribution in [-0.4, -0.2) is 37.6 Å². The lowest BCUT2D eigenvalue weighted by Gasteiger charge is -2.22. The lowest BCUT2D eigenvalue weighted by molar-refractivity contribution is -0.141. The fraction of sp³-hybridized carbons (Fsp3) is 0.818. The van der Waals surface area contributed by atoms with Crippen molar-refractivity contribution in [2.75, 3.05) is 26.7 Å². The van der Waals surface area contributed by atoms with E-state index in [1.807, 2.05) is 25.7 Å². The molecule has 0 aliphatic carbocycles. The molecule has 0 saturated carbocycles. The van der Waals surface area contributed by atoms with Crippen molar-refractivity contribution in [2.45, 2.75) is 27.2 Å². The average molecular weight is 212 g/mol. The van der Waals surface area contributed by atoms with E-state index in [9.17, 15) is 4.79 Å². The third-order valence-electron chi connectivity index (χ3n) is 2.38. The highest BCUT2D eigenvalue weighted by atomic mass is 16.5. The highest BCUT2D eigenvalue weighted by molar-refractivity contribution is 5.71. The van der Waals surface area contributed by atoms with Crippen molar-refractivity contribution in [3.8, 4) is 6.07 Å². The molecule has 0 spiro atoms. The Morgan fingerprint density at radius 2 is 2.13 bits per heavy atom. The Morgan fingerprint density at radius 3 is 2.53 bits per heavy atom. The van der Waals surface area contributed by atoms with Gasteiger partial charge in [0.25, 0.3) is 0 Å². The predicted molar refractivity (Wildman–Crippen MR) is 58.1 cm³/mol. The van der Waals surface area contributed by atoms with Crippen LogP contribution in [0.15, 0.2) is 0 Å². The lowest BCUT2D eigenvalue weighted by Crippen LogP contribution is -2.33. The van der Waals surface area contributed by atoms with Crippen LogP contribution in [0.1, 0.15) is 27.2 Å². The monoisotopic (exact) mass is 212 g/mol. The molecule has 0 aliphatic rings. The van der Waals surface area contributed by atoms with Crippen LogP contribution in [-0.2, 0) is 9.53 Å². The summed E-state index contributed by atoms with van der Waals surface area (Å²) >= 11 is 0. The van der Waals surface area contributed by atoms with Gasteiger partial charge in [0.15, 0.2) is 0 Å². The molecule has 4 nitrogen and oxygen atoms in total. The van der Waals surface area contributed by atoms with Crippen molar-refractivity contribution in [1.82, 2.24) is 4.90 Å². The molecular weight excluding hydrogens is 192 g/mol. The highest BCUT2D eigenvalue weighted by Crippen LogP contribution is 2.18. The number of carbonyl (C=O) groups is 1. The maximum atomic E-state index is 11.0. The van der Waals surface area contributed by atoms with Gasteiger partial charge in [0.2, 0.25) is 0 Å².